The van der Waals surface area contributed by atoms with Crippen LogP contribution in [-0.2, 0) is 0 Å². The molecule has 11 aromatic rings. The van der Waals surface area contributed by atoms with Crippen molar-refractivity contribution in [3.05, 3.63) is 182 Å². The molecule has 0 spiro atoms. The first-order chi connectivity index (χ1) is 25.3. The quantitative estimate of drug-likeness (QED) is 0.177. The summed E-state index contributed by atoms with van der Waals surface area (Å²) in [6.45, 7) is 0. The van der Waals surface area contributed by atoms with Gasteiger partial charge in [-0.3, -0.25) is 0 Å². The normalized spacial score (nSPS) is 11.9. The second kappa shape index (κ2) is 11.0. The Morgan fingerprint density at radius 3 is 1.35 bits per heavy atom. The van der Waals surface area contributed by atoms with Gasteiger partial charge in [0.15, 0.2) is 0 Å². The van der Waals surface area contributed by atoms with E-state index >= 15 is 0 Å². The molecule has 0 unspecified atom stereocenters. The van der Waals surface area contributed by atoms with Crippen molar-refractivity contribution in [1.29, 1.82) is 0 Å². The second-order valence-electron chi connectivity index (χ2n) is 13.4. The third kappa shape index (κ3) is 4.35. The van der Waals surface area contributed by atoms with Crippen LogP contribution in [0.3, 0.4) is 0 Å². The minimum atomic E-state index is 1.16. The third-order valence-corrected chi connectivity index (χ3v) is 11.7. The summed E-state index contributed by atoms with van der Waals surface area (Å²) in [7, 11) is 0. The fourth-order valence-corrected chi connectivity index (χ4v) is 9.23. The predicted molar refractivity (Wildman–Crippen MR) is 219 cm³/mol. The van der Waals surface area contributed by atoms with Gasteiger partial charge in [0, 0.05) is 53.1 Å². The molecule has 0 amide bonds. The molecule has 11 rings (SSSR count). The van der Waals surface area contributed by atoms with Gasteiger partial charge < -0.3 is 9.13 Å². The SMILES string of the molecule is c1ccc2c(c1)sc1ccc(-c3ccc(-c4ccc(-n5c6ccccc6c6cc(-n7c8ccccc8c8ccccc87)ccc65)cc4)cc3)cc12. The Bertz CT molecular complexity index is 3070. The molecular weight excluding hydrogens is 637 g/mol. The van der Waals surface area contributed by atoms with Gasteiger partial charge >= 0.3 is 0 Å². The lowest BCUT2D eigenvalue weighted by Gasteiger charge is -2.11. The van der Waals surface area contributed by atoms with Crippen LogP contribution < -0.4 is 0 Å². The highest BCUT2D eigenvalue weighted by molar-refractivity contribution is 7.25. The number of fused-ring (bicyclic) bond motifs is 9. The number of benzene rings is 8. The third-order valence-electron chi connectivity index (χ3n) is 10.5. The Kier molecular flexibility index (Phi) is 6.16. The van der Waals surface area contributed by atoms with Gasteiger partial charge in [0.2, 0.25) is 0 Å². The number of nitrogens with zero attached hydrogens (tertiary/aromatic N) is 2. The fraction of sp³-hybridized carbons (Fsp3) is 0. The van der Waals surface area contributed by atoms with E-state index < -0.39 is 0 Å². The van der Waals surface area contributed by atoms with Gasteiger partial charge in [0.05, 0.1) is 22.1 Å². The summed E-state index contributed by atoms with van der Waals surface area (Å²) in [5, 5.41) is 7.73. The van der Waals surface area contributed by atoms with Crippen molar-refractivity contribution in [3.63, 3.8) is 0 Å². The molecule has 0 bridgehead atoms. The summed E-state index contributed by atoms with van der Waals surface area (Å²) in [4.78, 5) is 0. The Balaban J connectivity index is 0.967. The summed E-state index contributed by atoms with van der Waals surface area (Å²) < 4.78 is 7.48. The Hall–Kier alpha value is -6.42. The van der Waals surface area contributed by atoms with Crippen LogP contribution in [0.5, 0.6) is 0 Å². The molecular formula is C48H30N2S. The topological polar surface area (TPSA) is 9.86 Å². The molecule has 0 radical (unpaired) electrons. The van der Waals surface area contributed by atoms with Gasteiger partial charge in [-0.15, -0.1) is 11.3 Å². The molecule has 3 heteroatoms. The zero-order valence-electron chi connectivity index (χ0n) is 27.6. The van der Waals surface area contributed by atoms with Gasteiger partial charge in [-0.25, -0.2) is 0 Å². The lowest BCUT2D eigenvalue weighted by Crippen LogP contribution is -1.95. The summed E-state index contributed by atoms with van der Waals surface area (Å²) in [5.41, 5.74) is 12.1. The Morgan fingerprint density at radius 2 is 0.706 bits per heavy atom. The highest BCUT2D eigenvalue weighted by Crippen LogP contribution is 2.39. The van der Waals surface area contributed by atoms with Crippen LogP contribution in [0.4, 0.5) is 0 Å². The molecule has 8 aromatic carbocycles. The molecule has 238 valence electrons. The molecule has 0 atom stereocenters. The summed E-state index contributed by atoms with van der Waals surface area (Å²) in [6.07, 6.45) is 0. The van der Waals surface area contributed by atoms with Crippen molar-refractivity contribution in [2.24, 2.45) is 0 Å². The van der Waals surface area contributed by atoms with Gasteiger partial charge in [-0.05, 0) is 89.0 Å². The molecule has 3 heterocycles. The van der Waals surface area contributed by atoms with Crippen molar-refractivity contribution in [3.8, 4) is 33.6 Å². The molecule has 0 aliphatic heterocycles. The first-order valence-corrected chi connectivity index (χ1v) is 18.2. The molecule has 0 saturated heterocycles. The number of para-hydroxylation sites is 3. The summed E-state index contributed by atoms with van der Waals surface area (Å²) in [5.74, 6) is 0. The van der Waals surface area contributed by atoms with Gasteiger partial charge in [0.1, 0.15) is 0 Å². The van der Waals surface area contributed by atoms with Crippen LogP contribution in [0.1, 0.15) is 0 Å². The zero-order valence-corrected chi connectivity index (χ0v) is 28.4. The predicted octanol–water partition coefficient (Wildman–Crippen LogP) is 13.6. The number of hydrogen-bond acceptors (Lipinski definition) is 1. The van der Waals surface area contributed by atoms with Crippen molar-refractivity contribution in [2.45, 2.75) is 0 Å². The van der Waals surface area contributed by atoms with E-state index in [0.717, 1.165) is 5.69 Å². The maximum absolute atomic E-state index is 2.40. The van der Waals surface area contributed by atoms with Crippen molar-refractivity contribution < 1.29 is 0 Å². The zero-order chi connectivity index (χ0) is 33.5. The van der Waals surface area contributed by atoms with E-state index in [1.165, 1.54) is 91.7 Å². The van der Waals surface area contributed by atoms with Crippen LogP contribution in [-0.4, -0.2) is 9.13 Å². The molecule has 0 aliphatic rings. The van der Waals surface area contributed by atoms with E-state index in [0.29, 0.717) is 0 Å². The minimum absolute atomic E-state index is 1.16. The van der Waals surface area contributed by atoms with Crippen molar-refractivity contribution in [2.75, 3.05) is 0 Å². The van der Waals surface area contributed by atoms with E-state index in [-0.39, 0.29) is 0 Å². The van der Waals surface area contributed by atoms with Crippen LogP contribution in [0.15, 0.2) is 182 Å². The molecule has 0 saturated carbocycles. The largest absolute Gasteiger partial charge is 0.309 e. The van der Waals surface area contributed by atoms with E-state index in [4.69, 9.17) is 0 Å². The van der Waals surface area contributed by atoms with Crippen LogP contribution in [0.25, 0.3) is 97.4 Å². The highest BCUT2D eigenvalue weighted by atomic mass is 32.1. The smallest absolute Gasteiger partial charge is 0.0542 e. The minimum Gasteiger partial charge on any atom is -0.309 e. The van der Waals surface area contributed by atoms with Crippen LogP contribution in [0, 0.1) is 0 Å². The van der Waals surface area contributed by atoms with Gasteiger partial charge in [0.25, 0.3) is 0 Å². The summed E-state index contributed by atoms with van der Waals surface area (Å²) in [6, 6.07) is 66.7. The van der Waals surface area contributed by atoms with Gasteiger partial charge in [-0.1, -0.05) is 115 Å². The molecule has 0 N–H and O–H groups in total. The number of thiophene rings is 1. The lowest BCUT2D eigenvalue weighted by molar-refractivity contribution is 1.17. The molecule has 3 aromatic heterocycles. The number of aromatic nitrogens is 2. The van der Waals surface area contributed by atoms with Crippen LogP contribution in [0.2, 0.25) is 0 Å². The maximum Gasteiger partial charge on any atom is 0.0542 e. The maximum atomic E-state index is 2.40. The van der Waals surface area contributed by atoms with E-state index in [1.54, 1.807) is 0 Å². The van der Waals surface area contributed by atoms with Crippen LogP contribution >= 0.6 is 11.3 Å². The molecule has 0 aliphatic carbocycles. The Labute approximate surface area is 298 Å². The van der Waals surface area contributed by atoms with Crippen molar-refractivity contribution >= 4 is 75.1 Å². The average Bonchev–Trinajstić information content (AvgIpc) is 3.85. The summed E-state index contributed by atoms with van der Waals surface area (Å²) >= 11 is 1.86. The van der Waals surface area contributed by atoms with E-state index in [1.807, 2.05) is 11.3 Å². The van der Waals surface area contributed by atoms with E-state index in [2.05, 4.69) is 191 Å². The first-order valence-electron chi connectivity index (χ1n) is 17.4. The lowest BCUT2D eigenvalue weighted by atomic mass is 9.99. The highest BCUT2D eigenvalue weighted by Gasteiger charge is 2.16. The average molecular weight is 667 g/mol. The molecule has 51 heavy (non-hydrogen) atoms. The van der Waals surface area contributed by atoms with Crippen molar-refractivity contribution in [1.82, 2.24) is 9.13 Å². The number of hydrogen-bond donors (Lipinski definition) is 0. The standard InChI is InChI=1S/C48H30N2S/c1-5-13-43-37(9-1)38-10-2-6-14-44(38)50(43)36-26-27-46-41(30-36)39-11-3-7-15-45(39)49(46)35-24-21-32(22-25-35)31-17-19-33(20-18-31)34-23-28-48-42(29-34)40-12-4-8-16-47(40)51-48/h1-30H. The number of rotatable bonds is 4. The Morgan fingerprint density at radius 1 is 0.275 bits per heavy atom. The second-order valence-corrected chi connectivity index (χ2v) is 14.4. The monoisotopic (exact) mass is 666 g/mol. The first kappa shape index (κ1) is 28.4. The van der Waals surface area contributed by atoms with Gasteiger partial charge in [-0.2, -0.15) is 0 Å². The molecule has 2 nitrogen and oxygen atoms in total. The fourth-order valence-electron chi connectivity index (χ4n) is 8.14. The van der Waals surface area contributed by atoms with E-state index in [9.17, 15) is 0 Å². The molecule has 0 fully saturated rings.